The van der Waals surface area contributed by atoms with Crippen LogP contribution in [0, 0.1) is 5.82 Å². The summed E-state index contributed by atoms with van der Waals surface area (Å²) in [5, 5.41) is 0. The van der Waals surface area contributed by atoms with Gasteiger partial charge in [0.1, 0.15) is 5.82 Å². The van der Waals surface area contributed by atoms with Crippen LogP contribution in [0.5, 0.6) is 5.75 Å². The summed E-state index contributed by atoms with van der Waals surface area (Å²) in [6, 6.07) is 17.3. The number of halogens is 1. The van der Waals surface area contributed by atoms with Crippen LogP contribution in [-0.2, 0) is 6.54 Å². The highest BCUT2D eigenvalue weighted by Gasteiger charge is 2.24. The SMILES string of the molecule is COc1ccc(CN2c3ccccc3Sc3cccnc32)cc1F. The van der Waals surface area contributed by atoms with E-state index in [1.807, 2.05) is 24.3 Å². The maximum Gasteiger partial charge on any atom is 0.165 e. The van der Waals surface area contributed by atoms with Crippen LogP contribution in [-0.4, -0.2) is 12.1 Å². The highest BCUT2D eigenvalue weighted by Crippen LogP contribution is 2.47. The molecule has 0 fully saturated rings. The van der Waals surface area contributed by atoms with Crippen molar-refractivity contribution in [2.45, 2.75) is 16.3 Å². The second-order valence-electron chi connectivity index (χ2n) is 5.45. The maximum absolute atomic E-state index is 14.0. The molecule has 0 amide bonds. The van der Waals surface area contributed by atoms with Gasteiger partial charge < -0.3 is 9.64 Å². The number of pyridine rings is 1. The van der Waals surface area contributed by atoms with Gasteiger partial charge in [-0.05, 0) is 42.0 Å². The Morgan fingerprint density at radius 3 is 2.75 bits per heavy atom. The molecule has 3 nitrogen and oxygen atoms in total. The third-order valence-electron chi connectivity index (χ3n) is 3.94. The zero-order valence-corrected chi connectivity index (χ0v) is 13.9. The molecule has 2 heterocycles. The quantitative estimate of drug-likeness (QED) is 0.669. The summed E-state index contributed by atoms with van der Waals surface area (Å²) in [6.45, 7) is 0.544. The number of benzene rings is 2. The summed E-state index contributed by atoms with van der Waals surface area (Å²) >= 11 is 1.71. The fourth-order valence-corrected chi connectivity index (χ4v) is 3.88. The number of fused-ring (bicyclic) bond motifs is 2. The predicted molar refractivity (Wildman–Crippen MR) is 93.6 cm³/mol. The molecule has 1 aliphatic heterocycles. The first-order valence-corrected chi connectivity index (χ1v) is 8.40. The standard InChI is InChI=1S/C19H15FN2OS/c1-23-16-9-8-13(11-14(16)20)12-22-15-5-2-3-6-17(15)24-18-7-4-10-21-19(18)22/h2-11H,12H2,1H3. The zero-order chi connectivity index (χ0) is 16.5. The van der Waals surface area contributed by atoms with Gasteiger partial charge in [-0.1, -0.05) is 30.0 Å². The second-order valence-corrected chi connectivity index (χ2v) is 6.53. The molecule has 0 bridgehead atoms. The number of rotatable bonds is 3. The normalized spacial score (nSPS) is 12.5. The first-order valence-electron chi connectivity index (χ1n) is 7.58. The molecule has 0 aliphatic carbocycles. The molecule has 0 unspecified atom stereocenters. The maximum atomic E-state index is 14.0. The van der Waals surface area contributed by atoms with E-state index in [1.54, 1.807) is 24.0 Å². The monoisotopic (exact) mass is 338 g/mol. The zero-order valence-electron chi connectivity index (χ0n) is 13.1. The van der Waals surface area contributed by atoms with Crippen molar-refractivity contribution < 1.29 is 9.13 Å². The van der Waals surface area contributed by atoms with E-state index in [9.17, 15) is 4.39 Å². The van der Waals surface area contributed by atoms with E-state index >= 15 is 0 Å². The fraction of sp³-hybridized carbons (Fsp3) is 0.105. The van der Waals surface area contributed by atoms with Crippen molar-refractivity contribution in [1.29, 1.82) is 0 Å². The summed E-state index contributed by atoms with van der Waals surface area (Å²) in [4.78, 5) is 8.94. The van der Waals surface area contributed by atoms with Gasteiger partial charge >= 0.3 is 0 Å². The lowest BCUT2D eigenvalue weighted by atomic mass is 10.1. The van der Waals surface area contributed by atoms with Gasteiger partial charge in [0, 0.05) is 17.6 Å². The molecule has 0 N–H and O–H groups in total. The number of hydrogen-bond acceptors (Lipinski definition) is 4. The molecule has 1 aromatic heterocycles. The van der Waals surface area contributed by atoms with Crippen LogP contribution in [0.15, 0.2) is 70.6 Å². The largest absolute Gasteiger partial charge is 0.494 e. The number of nitrogens with zero attached hydrogens (tertiary/aromatic N) is 2. The molecular formula is C19H15FN2OS. The van der Waals surface area contributed by atoms with Crippen LogP contribution >= 0.6 is 11.8 Å². The summed E-state index contributed by atoms with van der Waals surface area (Å²) < 4.78 is 19.0. The minimum Gasteiger partial charge on any atom is -0.494 e. The van der Waals surface area contributed by atoms with Gasteiger partial charge in [-0.2, -0.15) is 0 Å². The Morgan fingerprint density at radius 1 is 1.08 bits per heavy atom. The number of anilines is 2. The average molecular weight is 338 g/mol. The van der Waals surface area contributed by atoms with Crippen LogP contribution < -0.4 is 9.64 Å². The summed E-state index contributed by atoms with van der Waals surface area (Å²) in [5.74, 6) is 0.806. The van der Waals surface area contributed by atoms with Crippen molar-refractivity contribution in [1.82, 2.24) is 4.98 Å². The molecule has 0 spiro atoms. The van der Waals surface area contributed by atoms with Gasteiger partial charge in [0.05, 0.1) is 17.7 Å². The van der Waals surface area contributed by atoms with Gasteiger partial charge in [0.25, 0.3) is 0 Å². The van der Waals surface area contributed by atoms with Crippen molar-refractivity contribution in [3.8, 4) is 5.75 Å². The fourth-order valence-electron chi connectivity index (χ4n) is 2.81. The molecule has 120 valence electrons. The average Bonchev–Trinajstić information content (AvgIpc) is 2.62. The number of methoxy groups -OCH3 is 1. The Bertz CT molecular complexity index is 855. The minimum atomic E-state index is -0.351. The van der Waals surface area contributed by atoms with Crippen LogP contribution in [0.2, 0.25) is 0 Å². The topological polar surface area (TPSA) is 25.4 Å². The summed E-state index contributed by atoms with van der Waals surface area (Å²) in [5.41, 5.74) is 1.96. The van der Waals surface area contributed by atoms with Crippen molar-refractivity contribution in [3.63, 3.8) is 0 Å². The number of ether oxygens (including phenoxy) is 1. The van der Waals surface area contributed by atoms with Gasteiger partial charge in [-0.25, -0.2) is 9.37 Å². The lowest BCUT2D eigenvalue weighted by molar-refractivity contribution is 0.386. The summed E-state index contributed by atoms with van der Waals surface area (Å²) in [6.07, 6.45) is 1.79. The smallest absolute Gasteiger partial charge is 0.165 e. The third-order valence-corrected chi connectivity index (χ3v) is 5.04. The minimum absolute atomic E-state index is 0.256. The molecule has 3 aromatic rings. The van der Waals surface area contributed by atoms with Crippen molar-refractivity contribution >= 4 is 23.3 Å². The highest BCUT2D eigenvalue weighted by molar-refractivity contribution is 7.99. The molecule has 24 heavy (non-hydrogen) atoms. The molecule has 1 aliphatic rings. The highest BCUT2D eigenvalue weighted by atomic mass is 32.2. The molecular weight excluding hydrogens is 323 g/mol. The molecule has 0 radical (unpaired) electrons. The summed E-state index contributed by atoms with van der Waals surface area (Å²) in [7, 11) is 1.47. The van der Waals surface area contributed by atoms with Crippen LogP contribution in [0.3, 0.4) is 0 Å². The Labute approximate surface area is 144 Å². The third kappa shape index (κ3) is 2.61. The molecule has 2 aromatic carbocycles. The van der Waals surface area contributed by atoms with Crippen LogP contribution in [0.4, 0.5) is 15.9 Å². The van der Waals surface area contributed by atoms with E-state index in [-0.39, 0.29) is 11.6 Å². The van der Waals surface area contributed by atoms with E-state index in [2.05, 4.69) is 28.1 Å². The van der Waals surface area contributed by atoms with E-state index in [1.165, 1.54) is 18.1 Å². The lowest BCUT2D eigenvalue weighted by Gasteiger charge is -2.31. The Kier molecular flexibility index (Phi) is 3.86. The van der Waals surface area contributed by atoms with E-state index in [4.69, 9.17) is 4.74 Å². The molecule has 4 rings (SSSR count). The van der Waals surface area contributed by atoms with Crippen molar-refractivity contribution in [3.05, 3.63) is 72.2 Å². The predicted octanol–water partition coefficient (Wildman–Crippen LogP) is 5.03. The Balaban J connectivity index is 1.76. The van der Waals surface area contributed by atoms with Gasteiger partial charge in [-0.3, -0.25) is 0 Å². The second kappa shape index (κ2) is 6.17. The van der Waals surface area contributed by atoms with Crippen molar-refractivity contribution in [2.75, 3.05) is 12.0 Å². The molecule has 0 saturated carbocycles. The van der Waals surface area contributed by atoms with E-state index in [0.29, 0.717) is 6.54 Å². The van der Waals surface area contributed by atoms with Gasteiger partial charge in [0.15, 0.2) is 11.6 Å². The first kappa shape index (κ1) is 15.0. The number of aromatic nitrogens is 1. The molecule has 5 heteroatoms. The Morgan fingerprint density at radius 2 is 1.92 bits per heavy atom. The number of hydrogen-bond donors (Lipinski definition) is 0. The van der Waals surface area contributed by atoms with E-state index in [0.717, 1.165) is 22.0 Å². The van der Waals surface area contributed by atoms with Crippen LogP contribution in [0.1, 0.15) is 5.56 Å². The number of para-hydroxylation sites is 1. The van der Waals surface area contributed by atoms with Crippen molar-refractivity contribution in [2.24, 2.45) is 0 Å². The van der Waals surface area contributed by atoms with Gasteiger partial charge in [0.2, 0.25) is 0 Å². The molecule has 0 atom stereocenters. The van der Waals surface area contributed by atoms with Crippen LogP contribution in [0.25, 0.3) is 0 Å². The Hall–Kier alpha value is -2.53. The molecule has 0 saturated heterocycles. The van der Waals surface area contributed by atoms with Gasteiger partial charge in [-0.15, -0.1) is 0 Å². The lowest BCUT2D eigenvalue weighted by Crippen LogP contribution is -2.21. The van der Waals surface area contributed by atoms with E-state index < -0.39 is 0 Å². The first-order chi connectivity index (χ1) is 11.8.